The Labute approximate surface area is 50.9 Å². The van der Waals surface area contributed by atoms with Gasteiger partial charge in [0, 0.05) is 0 Å². The van der Waals surface area contributed by atoms with E-state index in [4.69, 9.17) is 0 Å². The lowest BCUT2D eigenvalue weighted by Gasteiger charge is -1.91. The summed E-state index contributed by atoms with van der Waals surface area (Å²) in [5, 5.41) is 0. The van der Waals surface area contributed by atoms with E-state index in [0.29, 0.717) is 10.5 Å². The first-order chi connectivity index (χ1) is 3.77. The Balaban J connectivity index is 0. The normalized spacial score (nSPS) is 8.38. The molecule has 0 amide bonds. The topological polar surface area (TPSA) is 9.23 Å². The molecule has 8 heavy (non-hydrogen) atoms. The molecule has 0 aromatic rings. The van der Waals surface area contributed by atoms with Crippen LogP contribution in [0.25, 0.3) is 0 Å². The molecule has 0 spiro atoms. The van der Waals surface area contributed by atoms with Gasteiger partial charge in [-0.15, -0.1) is 13.2 Å². The summed E-state index contributed by atoms with van der Waals surface area (Å²) in [6.45, 7) is 5.60. The van der Waals surface area contributed by atoms with E-state index in [-0.39, 0.29) is 0 Å². The molecule has 0 unspecified atom stereocenters. The monoisotopic (exact) mass is 140 g/mol. The average Bonchev–Trinajstić information content (AvgIpc) is 1.72. The van der Waals surface area contributed by atoms with Crippen LogP contribution in [0.5, 0.6) is 0 Å². The van der Waals surface area contributed by atoms with Gasteiger partial charge in [0.05, 0.1) is 6.61 Å². The van der Waals surface area contributed by atoms with Gasteiger partial charge in [-0.25, -0.2) is 8.78 Å². The zero-order valence-electron chi connectivity index (χ0n) is 4.86. The van der Waals surface area contributed by atoms with Crippen molar-refractivity contribution >= 4 is 10.5 Å². The first-order valence-electron chi connectivity index (χ1n) is 2.04. The minimum absolute atomic E-state index is 0.397. The Morgan fingerprint density at radius 1 is 1.50 bits per heavy atom. The Hall–Kier alpha value is -0.223. The highest BCUT2D eigenvalue weighted by atomic mass is 28.2. The maximum atomic E-state index is 10.9. The van der Waals surface area contributed by atoms with Crippen LogP contribution in [0.1, 0.15) is 0 Å². The smallest absolute Gasteiger partial charge is 0.260 e. The molecule has 0 aliphatic rings. The molecule has 4 heteroatoms. The standard InChI is InChI=1S/C2H6F2OSi.C2H4/c3-2(4)1-5-6;1-2/h2H,1H2,6H3;1-2H2. The zero-order valence-corrected chi connectivity index (χ0v) is 6.86. The van der Waals surface area contributed by atoms with Crippen molar-refractivity contribution in [1.82, 2.24) is 0 Å². The van der Waals surface area contributed by atoms with Gasteiger partial charge in [0.25, 0.3) is 6.43 Å². The van der Waals surface area contributed by atoms with Crippen LogP contribution in [-0.4, -0.2) is 23.5 Å². The van der Waals surface area contributed by atoms with E-state index in [0.717, 1.165) is 0 Å². The number of hydrogen-bond acceptors (Lipinski definition) is 1. The molecular formula is C4H10F2OSi. The minimum atomic E-state index is -2.29. The summed E-state index contributed by atoms with van der Waals surface area (Å²) in [6.07, 6.45) is -2.29. The van der Waals surface area contributed by atoms with Crippen LogP contribution in [0.15, 0.2) is 13.2 Å². The second-order valence-corrected chi connectivity index (χ2v) is 1.42. The molecule has 0 aliphatic heterocycles. The predicted molar refractivity (Wildman–Crippen MR) is 33.1 cm³/mol. The van der Waals surface area contributed by atoms with E-state index in [2.05, 4.69) is 17.6 Å². The lowest BCUT2D eigenvalue weighted by Crippen LogP contribution is -2.00. The number of alkyl halides is 2. The number of rotatable bonds is 2. The van der Waals surface area contributed by atoms with Crippen LogP contribution in [0.2, 0.25) is 0 Å². The van der Waals surface area contributed by atoms with Crippen LogP contribution in [0.4, 0.5) is 8.78 Å². The summed E-state index contributed by atoms with van der Waals surface area (Å²) >= 11 is 0. The second kappa shape index (κ2) is 9.91. The van der Waals surface area contributed by atoms with Crippen molar-refractivity contribution in [2.24, 2.45) is 0 Å². The quantitative estimate of drug-likeness (QED) is 0.397. The van der Waals surface area contributed by atoms with Gasteiger partial charge in [0.2, 0.25) is 0 Å². The van der Waals surface area contributed by atoms with E-state index >= 15 is 0 Å². The van der Waals surface area contributed by atoms with Gasteiger partial charge in [-0.3, -0.25) is 0 Å². The maximum absolute atomic E-state index is 10.9. The highest BCUT2D eigenvalue weighted by Gasteiger charge is 1.95. The average molecular weight is 140 g/mol. The summed E-state index contributed by atoms with van der Waals surface area (Å²) in [5.41, 5.74) is 0. The fourth-order valence-corrected chi connectivity index (χ4v) is 0.378. The van der Waals surface area contributed by atoms with Gasteiger partial charge in [0.1, 0.15) is 10.5 Å². The third kappa shape index (κ3) is 17.1. The van der Waals surface area contributed by atoms with Crippen molar-refractivity contribution in [1.29, 1.82) is 0 Å². The first-order valence-corrected chi connectivity index (χ1v) is 2.86. The maximum Gasteiger partial charge on any atom is 0.260 e. The molecule has 0 heterocycles. The molecule has 0 N–H and O–H groups in total. The van der Waals surface area contributed by atoms with E-state index in [1.54, 1.807) is 0 Å². The molecule has 0 saturated heterocycles. The fourth-order valence-electron chi connectivity index (χ4n) is 0.126. The van der Waals surface area contributed by atoms with Crippen molar-refractivity contribution in [3.05, 3.63) is 13.2 Å². The third-order valence-electron chi connectivity index (χ3n) is 0.293. The Morgan fingerprint density at radius 2 is 1.88 bits per heavy atom. The fraction of sp³-hybridized carbons (Fsp3) is 0.500. The molecule has 0 saturated carbocycles. The van der Waals surface area contributed by atoms with E-state index in [9.17, 15) is 8.78 Å². The Kier molecular flexibility index (Phi) is 13.3. The van der Waals surface area contributed by atoms with Gasteiger partial charge in [-0.05, 0) is 0 Å². The molecule has 50 valence electrons. The summed E-state index contributed by atoms with van der Waals surface area (Å²) in [5.74, 6) is 0. The molecule has 0 fully saturated rings. The number of halogens is 2. The largest absolute Gasteiger partial charge is 0.422 e. The van der Waals surface area contributed by atoms with Crippen LogP contribution < -0.4 is 0 Å². The van der Waals surface area contributed by atoms with Gasteiger partial charge in [-0.1, -0.05) is 0 Å². The summed E-state index contributed by atoms with van der Waals surface area (Å²) < 4.78 is 26.1. The molecule has 0 bridgehead atoms. The highest BCUT2D eigenvalue weighted by molar-refractivity contribution is 5.97. The lowest BCUT2D eigenvalue weighted by molar-refractivity contribution is 0.0866. The third-order valence-corrected chi connectivity index (χ3v) is 0.626. The van der Waals surface area contributed by atoms with E-state index in [1.807, 2.05) is 0 Å². The summed E-state index contributed by atoms with van der Waals surface area (Å²) in [6, 6.07) is 0. The van der Waals surface area contributed by atoms with Gasteiger partial charge < -0.3 is 4.43 Å². The van der Waals surface area contributed by atoms with Crippen LogP contribution in [0.3, 0.4) is 0 Å². The van der Waals surface area contributed by atoms with E-state index in [1.165, 1.54) is 0 Å². The van der Waals surface area contributed by atoms with Gasteiger partial charge in [0.15, 0.2) is 0 Å². The van der Waals surface area contributed by atoms with Crippen molar-refractivity contribution in [2.75, 3.05) is 6.61 Å². The molecule has 0 aromatic heterocycles. The van der Waals surface area contributed by atoms with Crippen LogP contribution in [0, 0.1) is 0 Å². The molecule has 0 aliphatic carbocycles. The van der Waals surface area contributed by atoms with Crippen molar-refractivity contribution in [3.63, 3.8) is 0 Å². The Morgan fingerprint density at radius 3 is 1.88 bits per heavy atom. The molecule has 0 aromatic carbocycles. The predicted octanol–water partition coefficient (Wildman–Crippen LogP) is 0.351. The molecular weight excluding hydrogens is 130 g/mol. The van der Waals surface area contributed by atoms with Crippen LogP contribution in [-0.2, 0) is 4.43 Å². The molecule has 0 radical (unpaired) electrons. The number of hydrogen-bond donors (Lipinski definition) is 0. The molecule has 0 atom stereocenters. The van der Waals surface area contributed by atoms with E-state index < -0.39 is 13.0 Å². The molecule has 0 rings (SSSR count). The first kappa shape index (κ1) is 10.7. The van der Waals surface area contributed by atoms with Crippen molar-refractivity contribution in [2.45, 2.75) is 6.43 Å². The minimum Gasteiger partial charge on any atom is -0.422 e. The molecule has 1 nitrogen and oxygen atoms in total. The second-order valence-electron chi connectivity index (χ2n) is 0.846. The lowest BCUT2D eigenvalue weighted by atomic mass is 10.8. The van der Waals surface area contributed by atoms with Crippen molar-refractivity contribution in [3.8, 4) is 0 Å². The zero-order chi connectivity index (χ0) is 6.99. The van der Waals surface area contributed by atoms with Gasteiger partial charge in [-0.2, -0.15) is 0 Å². The summed E-state index contributed by atoms with van der Waals surface area (Å²) in [4.78, 5) is 0. The Bertz CT molecular complexity index is 43.0. The van der Waals surface area contributed by atoms with Crippen LogP contribution >= 0.6 is 0 Å². The highest BCUT2D eigenvalue weighted by Crippen LogP contribution is 1.88. The van der Waals surface area contributed by atoms with Crippen molar-refractivity contribution < 1.29 is 13.2 Å². The summed E-state index contributed by atoms with van der Waals surface area (Å²) in [7, 11) is 0.407. The SMILES string of the molecule is C=C.FC(F)CO[SiH3]. The van der Waals surface area contributed by atoms with Gasteiger partial charge >= 0.3 is 0 Å².